The maximum Gasteiger partial charge on any atom is 0.326 e. The summed E-state index contributed by atoms with van der Waals surface area (Å²) in [7, 11) is -9.54. The van der Waals surface area contributed by atoms with E-state index in [4.69, 9.17) is 16.4 Å². The third-order valence-corrected chi connectivity index (χ3v) is 10.3. The highest BCUT2D eigenvalue weighted by atomic mass is 31.3. The number of nitrogen functional groups attached to an aromatic ring is 2. The van der Waals surface area contributed by atoms with Gasteiger partial charge in [0.25, 0.3) is 13.9 Å². The van der Waals surface area contributed by atoms with Crippen LogP contribution >= 0.6 is 15.9 Å². The summed E-state index contributed by atoms with van der Waals surface area (Å²) in [5.74, 6) is -5.33. The summed E-state index contributed by atoms with van der Waals surface area (Å²) in [4.78, 5) is 128. The fraction of sp³-hybridized carbons (Fsp3) is 0.333. The van der Waals surface area contributed by atoms with Crippen LogP contribution in [0.1, 0.15) is 35.3 Å². The number of fused-ring (bicyclic) bond motifs is 1. The van der Waals surface area contributed by atoms with E-state index in [1.54, 1.807) is 24.1 Å². The summed E-state index contributed by atoms with van der Waals surface area (Å²) in [6.07, 6.45) is -1.12. The number of nitrogens with one attached hydrogen (secondary N) is 2. The lowest BCUT2D eigenvalue weighted by Gasteiger charge is -2.38. The summed E-state index contributed by atoms with van der Waals surface area (Å²) < 4.78 is 0. The van der Waals surface area contributed by atoms with Crippen LogP contribution in [0.5, 0.6) is 0 Å². The highest BCUT2D eigenvalue weighted by Gasteiger charge is 2.48. The summed E-state index contributed by atoms with van der Waals surface area (Å²) in [6, 6.07) is 2.20. The summed E-state index contributed by atoms with van der Waals surface area (Å²) in [6.45, 7) is 0.264. The van der Waals surface area contributed by atoms with Crippen molar-refractivity contribution in [2.24, 2.45) is 0 Å². The molecule has 254 valence electrons. The van der Waals surface area contributed by atoms with Crippen molar-refractivity contribution in [2.45, 2.75) is 43.3 Å². The van der Waals surface area contributed by atoms with Gasteiger partial charge in [0.05, 0.1) is 32.8 Å². The van der Waals surface area contributed by atoms with Gasteiger partial charge in [0.1, 0.15) is 12.1 Å². The highest BCUT2D eigenvalue weighted by Crippen LogP contribution is 2.63. The zero-order chi connectivity index (χ0) is 35.3. The number of anilines is 3. The molecular formula is C24H30N9O12P2-. The Balaban J connectivity index is 1.60. The van der Waals surface area contributed by atoms with Gasteiger partial charge in [-0.25, -0.2) is 29.3 Å². The lowest BCUT2D eigenvalue weighted by atomic mass is 10.1. The van der Waals surface area contributed by atoms with Crippen molar-refractivity contribution < 1.29 is 58.8 Å². The minimum atomic E-state index is -5.73. The van der Waals surface area contributed by atoms with E-state index >= 15 is 0 Å². The number of aromatic nitrogens is 4. The molecule has 47 heavy (non-hydrogen) atoms. The van der Waals surface area contributed by atoms with Gasteiger partial charge in [-0.2, -0.15) is 9.97 Å². The zero-order valence-electron chi connectivity index (χ0n) is 24.3. The van der Waals surface area contributed by atoms with Crippen LogP contribution in [0.15, 0.2) is 30.5 Å². The molecule has 0 bridgehead atoms. The van der Waals surface area contributed by atoms with E-state index in [2.05, 4.69) is 25.3 Å². The third kappa shape index (κ3) is 10.3. The van der Waals surface area contributed by atoms with E-state index in [9.17, 15) is 53.9 Å². The first-order chi connectivity index (χ1) is 21.8. The van der Waals surface area contributed by atoms with Crippen molar-refractivity contribution in [1.82, 2.24) is 30.6 Å². The lowest BCUT2D eigenvalue weighted by Crippen LogP contribution is -2.47. The van der Waals surface area contributed by atoms with Gasteiger partial charge in [0, 0.05) is 24.7 Å². The Morgan fingerprint density at radius 1 is 0.936 bits per heavy atom. The van der Waals surface area contributed by atoms with Crippen molar-refractivity contribution >= 4 is 68.3 Å². The number of hydrogen-bond donors (Lipinski definition) is 9. The number of carboxylic acids is 2. The number of hydrogen-bond acceptors (Lipinski definition) is 17. The molecule has 3 rings (SSSR count). The van der Waals surface area contributed by atoms with E-state index in [-0.39, 0.29) is 35.0 Å². The number of carbonyl (C=O) groups excluding carboxylic acids is 2. The molecule has 0 radical (unpaired) electrons. The molecule has 2 aromatic heterocycles. The predicted octanol–water partition coefficient (Wildman–Crippen LogP) is -3.95. The van der Waals surface area contributed by atoms with Gasteiger partial charge in [-0.15, -0.1) is 0 Å². The average Bonchev–Trinajstić information content (AvgIpc) is 2.95. The Morgan fingerprint density at radius 2 is 1.55 bits per heavy atom. The van der Waals surface area contributed by atoms with Crippen molar-refractivity contribution in [3.63, 3.8) is 0 Å². The molecule has 1 aromatic carbocycles. The largest absolute Gasteiger partial charge is 0.656 e. The third-order valence-electron chi connectivity index (χ3n) is 6.58. The number of nitrogens with zero attached hydrogens (tertiary/aromatic N) is 5. The van der Waals surface area contributed by atoms with Crippen LogP contribution in [-0.2, 0) is 20.9 Å². The second-order valence-electron chi connectivity index (χ2n) is 10.1. The molecule has 0 aliphatic rings. The highest BCUT2D eigenvalue weighted by molar-refractivity contribution is 7.75. The molecule has 2 amide bonds. The second-order valence-corrected chi connectivity index (χ2v) is 14.1. The van der Waals surface area contributed by atoms with Gasteiger partial charge in [-0.05, 0) is 30.7 Å². The van der Waals surface area contributed by atoms with Gasteiger partial charge in [0.2, 0.25) is 17.3 Å². The number of aliphatic carboxylic acids is 2. The number of amides is 2. The number of nitrogens with two attached hydrogens (primary N) is 2. The van der Waals surface area contributed by atoms with Crippen LogP contribution in [0, 0.1) is 0 Å². The van der Waals surface area contributed by atoms with E-state index < -0.39 is 76.4 Å². The van der Waals surface area contributed by atoms with Crippen LogP contribution in [0.25, 0.3) is 11.2 Å². The van der Waals surface area contributed by atoms with E-state index in [1.807, 2.05) is 5.32 Å². The number of carbonyl (C=O) groups is 4. The molecule has 3 aromatic rings. The van der Waals surface area contributed by atoms with Gasteiger partial charge >= 0.3 is 11.9 Å². The molecule has 3 atom stereocenters. The monoisotopic (exact) mass is 698 g/mol. The zero-order valence-corrected chi connectivity index (χ0v) is 26.1. The molecular weight excluding hydrogens is 668 g/mol. The van der Waals surface area contributed by atoms with Gasteiger partial charge in [-0.1, -0.05) is 0 Å². The first-order valence-electron chi connectivity index (χ1n) is 13.3. The quantitative estimate of drug-likeness (QED) is 0.0684. The smallest absolute Gasteiger partial charge is 0.326 e. The Bertz CT molecular complexity index is 1620. The van der Waals surface area contributed by atoms with Crippen molar-refractivity contribution in [2.75, 3.05) is 23.4 Å². The number of benzene rings is 1. The van der Waals surface area contributed by atoms with Crippen molar-refractivity contribution in [3.8, 4) is 0 Å². The minimum absolute atomic E-state index is 0.0417. The van der Waals surface area contributed by atoms with E-state index in [1.165, 1.54) is 18.3 Å². The van der Waals surface area contributed by atoms with Gasteiger partial charge in [0.15, 0.2) is 17.0 Å². The summed E-state index contributed by atoms with van der Waals surface area (Å²) in [5, 5.41) is 20.1. The molecule has 0 saturated carbocycles. The SMILES string of the molecule is CN(Cc1cnc2nc(N)nc(N)c2n1)c1ccc(C(=O)NC(CCC(=O)NC(CC([P+]([O-])([O-])O)[P+]([O-])(O)O)C(=O)O)C(=O)O)cc1. The Kier molecular flexibility index (Phi) is 11.8. The molecule has 11 N–H and O–H groups in total. The van der Waals surface area contributed by atoms with Crippen LogP contribution in [0.3, 0.4) is 0 Å². The summed E-state index contributed by atoms with van der Waals surface area (Å²) >= 11 is 0. The van der Waals surface area contributed by atoms with Crippen LogP contribution in [0.2, 0.25) is 0 Å². The lowest BCUT2D eigenvalue weighted by molar-refractivity contribution is -0.334. The van der Waals surface area contributed by atoms with Crippen LogP contribution in [-0.4, -0.2) is 93.1 Å². The topological polar surface area (TPSA) is 370 Å². The molecule has 0 spiro atoms. The molecule has 21 nitrogen and oxygen atoms in total. The first kappa shape index (κ1) is 37.0. The van der Waals surface area contributed by atoms with Crippen molar-refractivity contribution in [1.29, 1.82) is 0 Å². The van der Waals surface area contributed by atoms with Gasteiger partial charge < -0.3 is 51.9 Å². The molecule has 3 unspecified atom stereocenters. The maximum absolute atomic E-state index is 12.8. The standard InChI is InChI=1S/C24H31N9O12P2/c1-33(10-12-9-27-20-18(28-12)19(25)31-24(26)32-20)13-4-2-11(3-5-13)21(35)30-14(22(36)37)6-7-16(34)29-15(23(38)39)8-17(46(40,41)42)47(43,44)45/h2-5,9,14-15,17H,6-8,10H2,1H3,(H,29,34)(H,30,35)(H,36,37)(H,38,39)(H2,40,41,42)(H2,43,44,45)(H4,25,26,27,31,32)/p-1. The normalized spacial score (nSPS) is 13.8. The van der Waals surface area contributed by atoms with Crippen molar-refractivity contribution in [3.05, 3.63) is 41.7 Å². The number of carboxylic acid groups (broad SMARTS) is 2. The molecule has 0 aliphatic heterocycles. The molecule has 23 heteroatoms. The molecule has 0 aliphatic carbocycles. The van der Waals surface area contributed by atoms with E-state index in [0.717, 1.165) is 0 Å². The number of rotatable bonds is 15. The Labute approximate surface area is 266 Å². The molecule has 0 saturated heterocycles. The first-order valence-corrected chi connectivity index (χ1v) is 16.6. The van der Waals surface area contributed by atoms with Gasteiger partial charge in [-0.3, -0.25) is 14.5 Å². The van der Waals surface area contributed by atoms with Crippen LogP contribution < -0.4 is 41.7 Å². The van der Waals surface area contributed by atoms with Crippen LogP contribution in [0.4, 0.5) is 17.5 Å². The Morgan fingerprint density at radius 3 is 2.11 bits per heavy atom. The van der Waals surface area contributed by atoms with E-state index in [0.29, 0.717) is 11.4 Å². The molecule has 0 fully saturated rings. The Hall–Kier alpha value is -4.46. The maximum atomic E-state index is 12.8. The summed E-state index contributed by atoms with van der Waals surface area (Å²) in [5.41, 5.74) is 13.2. The molecule has 2 heterocycles. The predicted molar refractivity (Wildman–Crippen MR) is 159 cm³/mol. The minimum Gasteiger partial charge on any atom is -0.656 e. The average molecular weight is 699 g/mol. The second kappa shape index (κ2) is 15.0. The fourth-order valence-electron chi connectivity index (χ4n) is 4.19. The fourth-order valence-corrected chi connectivity index (χ4v) is 6.68.